The molecule has 0 aliphatic carbocycles. The number of hydrogen-bond donors (Lipinski definition) is 0. The van der Waals surface area contributed by atoms with Crippen LogP contribution in [0.2, 0.25) is 5.02 Å². The summed E-state index contributed by atoms with van der Waals surface area (Å²) in [7, 11) is 0. The van der Waals surface area contributed by atoms with E-state index in [1.807, 2.05) is 39.0 Å². The van der Waals surface area contributed by atoms with E-state index < -0.39 is 0 Å². The van der Waals surface area contributed by atoms with Gasteiger partial charge in [-0.25, -0.2) is 0 Å². The topological polar surface area (TPSA) is 17.1 Å². The van der Waals surface area contributed by atoms with Crippen LogP contribution in [0.4, 0.5) is 0 Å². The molecule has 0 aliphatic rings. The van der Waals surface area contributed by atoms with Crippen molar-refractivity contribution >= 4 is 23.0 Å². The van der Waals surface area contributed by atoms with E-state index in [9.17, 15) is 4.79 Å². The lowest BCUT2D eigenvalue weighted by Crippen LogP contribution is -1.98. The summed E-state index contributed by atoms with van der Waals surface area (Å²) >= 11 is 6.03. The molecule has 1 aromatic rings. The standard InChI is InChI=1S/C13H15ClO/c1-8(2)13(10(4)15)11-6-5-9(3)12(14)7-11/h5-7H,1-4H3. The van der Waals surface area contributed by atoms with Gasteiger partial charge in [-0.3, -0.25) is 4.79 Å². The summed E-state index contributed by atoms with van der Waals surface area (Å²) in [4.78, 5) is 11.5. The van der Waals surface area contributed by atoms with Crippen LogP contribution < -0.4 is 0 Å². The number of halogens is 1. The van der Waals surface area contributed by atoms with E-state index >= 15 is 0 Å². The minimum absolute atomic E-state index is 0.0786. The van der Waals surface area contributed by atoms with Gasteiger partial charge in [0.05, 0.1) is 0 Å². The van der Waals surface area contributed by atoms with Gasteiger partial charge in [0.15, 0.2) is 5.78 Å². The van der Waals surface area contributed by atoms with Gasteiger partial charge in [0.1, 0.15) is 0 Å². The summed E-state index contributed by atoms with van der Waals surface area (Å²) in [5, 5.41) is 0.701. The molecule has 80 valence electrons. The van der Waals surface area contributed by atoms with E-state index in [-0.39, 0.29) is 5.78 Å². The Labute approximate surface area is 95.8 Å². The highest BCUT2D eigenvalue weighted by atomic mass is 35.5. The molecule has 0 heterocycles. The molecule has 0 radical (unpaired) electrons. The van der Waals surface area contributed by atoms with Crippen LogP contribution in [0.15, 0.2) is 23.8 Å². The maximum atomic E-state index is 11.5. The van der Waals surface area contributed by atoms with Crippen LogP contribution in [-0.2, 0) is 4.79 Å². The fraction of sp³-hybridized carbons (Fsp3) is 0.308. The van der Waals surface area contributed by atoms with Crippen LogP contribution in [-0.4, -0.2) is 5.78 Å². The molecule has 1 aromatic carbocycles. The zero-order valence-corrected chi connectivity index (χ0v) is 10.3. The smallest absolute Gasteiger partial charge is 0.160 e. The summed E-state index contributed by atoms with van der Waals surface area (Å²) in [5.74, 6) is 0.0786. The van der Waals surface area contributed by atoms with Crippen molar-refractivity contribution in [2.24, 2.45) is 0 Å². The second kappa shape index (κ2) is 4.63. The van der Waals surface area contributed by atoms with Crippen LogP contribution in [0, 0.1) is 6.92 Å². The molecule has 0 fully saturated rings. The summed E-state index contributed by atoms with van der Waals surface area (Å²) in [6, 6.07) is 5.72. The fourth-order valence-corrected chi connectivity index (χ4v) is 1.77. The van der Waals surface area contributed by atoms with Gasteiger partial charge in [-0.15, -0.1) is 0 Å². The normalized spacial score (nSPS) is 9.93. The highest BCUT2D eigenvalue weighted by molar-refractivity contribution is 6.32. The molecule has 0 atom stereocenters. The molecule has 2 heteroatoms. The van der Waals surface area contributed by atoms with Crippen molar-refractivity contribution in [3.63, 3.8) is 0 Å². The Morgan fingerprint density at radius 1 is 1.20 bits per heavy atom. The average Bonchev–Trinajstić information content (AvgIpc) is 2.10. The second-order valence-electron chi connectivity index (χ2n) is 3.90. The molecule has 0 N–H and O–H groups in total. The molecule has 1 nitrogen and oxygen atoms in total. The van der Waals surface area contributed by atoms with Crippen LogP contribution >= 0.6 is 11.6 Å². The van der Waals surface area contributed by atoms with Gasteiger partial charge in [-0.1, -0.05) is 29.3 Å². The number of rotatable bonds is 2. The third kappa shape index (κ3) is 2.69. The lowest BCUT2D eigenvalue weighted by Gasteiger charge is -2.08. The van der Waals surface area contributed by atoms with Gasteiger partial charge in [0.2, 0.25) is 0 Å². The second-order valence-corrected chi connectivity index (χ2v) is 4.30. The van der Waals surface area contributed by atoms with E-state index in [2.05, 4.69) is 0 Å². The third-order valence-electron chi connectivity index (χ3n) is 2.31. The molecule has 0 amide bonds. The molecule has 0 aromatic heterocycles. The van der Waals surface area contributed by atoms with Gasteiger partial charge in [0.25, 0.3) is 0 Å². The van der Waals surface area contributed by atoms with E-state index in [0.717, 1.165) is 22.3 Å². The van der Waals surface area contributed by atoms with Crippen molar-refractivity contribution in [3.05, 3.63) is 39.9 Å². The van der Waals surface area contributed by atoms with Crippen molar-refractivity contribution in [1.29, 1.82) is 0 Å². The number of hydrogen-bond acceptors (Lipinski definition) is 1. The maximum absolute atomic E-state index is 11.5. The highest BCUT2D eigenvalue weighted by Gasteiger charge is 2.09. The average molecular weight is 223 g/mol. The molecule has 0 aliphatic heterocycles. The molecule has 0 saturated carbocycles. The number of carbonyl (C=O) groups is 1. The summed E-state index contributed by atoms with van der Waals surface area (Å²) in [6.07, 6.45) is 0. The molecule has 0 spiro atoms. The van der Waals surface area contributed by atoms with Crippen LogP contribution in [0.25, 0.3) is 5.57 Å². The third-order valence-corrected chi connectivity index (χ3v) is 2.72. The number of aryl methyl sites for hydroxylation is 1. The molecule has 0 bridgehead atoms. The van der Waals surface area contributed by atoms with Crippen molar-refractivity contribution in [1.82, 2.24) is 0 Å². The zero-order valence-electron chi connectivity index (χ0n) is 9.52. The Balaban J connectivity index is 3.32. The van der Waals surface area contributed by atoms with Crippen molar-refractivity contribution in [2.75, 3.05) is 0 Å². The van der Waals surface area contributed by atoms with Crippen molar-refractivity contribution in [3.8, 4) is 0 Å². The maximum Gasteiger partial charge on any atom is 0.160 e. The van der Waals surface area contributed by atoms with Crippen molar-refractivity contribution < 1.29 is 4.79 Å². The summed E-state index contributed by atoms with van der Waals surface area (Å²) in [5.41, 5.74) is 3.70. The van der Waals surface area contributed by atoms with Crippen LogP contribution in [0.3, 0.4) is 0 Å². The first-order valence-electron chi connectivity index (χ1n) is 4.88. The van der Waals surface area contributed by atoms with E-state index in [4.69, 9.17) is 11.6 Å². The Hall–Kier alpha value is -1.08. The first kappa shape index (κ1) is 12.0. The van der Waals surface area contributed by atoms with E-state index in [1.54, 1.807) is 6.92 Å². The van der Waals surface area contributed by atoms with Gasteiger partial charge in [0, 0.05) is 10.6 Å². The monoisotopic (exact) mass is 222 g/mol. The molecule has 0 unspecified atom stereocenters. The molecule has 15 heavy (non-hydrogen) atoms. The number of Topliss-reactive ketones (excluding diaryl/α,β-unsaturated/α-hetero) is 1. The Kier molecular flexibility index (Phi) is 3.70. The van der Waals surface area contributed by atoms with E-state index in [0.29, 0.717) is 5.02 Å². The minimum atomic E-state index is 0.0786. The molecular weight excluding hydrogens is 208 g/mol. The number of ketones is 1. The van der Waals surface area contributed by atoms with E-state index in [1.165, 1.54) is 0 Å². The van der Waals surface area contributed by atoms with Crippen LogP contribution in [0.1, 0.15) is 31.9 Å². The minimum Gasteiger partial charge on any atom is -0.294 e. The van der Waals surface area contributed by atoms with Gasteiger partial charge in [-0.05, 0) is 44.9 Å². The summed E-state index contributed by atoms with van der Waals surface area (Å²) in [6.45, 7) is 7.40. The van der Waals surface area contributed by atoms with Crippen molar-refractivity contribution in [2.45, 2.75) is 27.7 Å². The Morgan fingerprint density at radius 3 is 2.20 bits per heavy atom. The molecule has 0 saturated heterocycles. The number of allylic oxidation sites excluding steroid dienone is 2. The number of benzene rings is 1. The Bertz CT molecular complexity index is 426. The lowest BCUT2D eigenvalue weighted by molar-refractivity contribution is -0.111. The quantitative estimate of drug-likeness (QED) is 0.691. The molecular formula is C13H15ClO. The predicted molar refractivity (Wildman–Crippen MR) is 65.1 cm³/mol. The lowest BCUT2D eigenvalue weighted by atomic mass is 9.97. The SMILES string of the molecule is CC(=O)C(=C(C)C)c1ccc(C)c(Cl)c1. The van der Waals surface area contributed by atoms with Crippen LogP contribution in [0.5, 0.6) is 0 Å². The molecule has 1 rings (SSSR count). The summed E-state index contributed by atoms with van der Waals surface area (Å²) < 4.78 is 0. The highest BCUT2D eigenvalue weighted by Crippen LogP contribution is 2.24. The first-order chi connectivity index (χ1) is 6.93. The van der Waals surface area contributed by atoms with Gasteiger partial charge < -0.3 is 0 Å². The van der Waals surface area contributed by atoms with Gasteiger partial charge >= 0.3 is 0 Å². The predicted octanol–water partition coefficient (Wildman–Crippen LogP) is 4.03. The Morgan fingerprint density at radius 2 is 1.80 bits per heavy atom. The first-order valence-corrected chi connectivity index (χ1v) is 5.26. The largest absolute Gasteiger partial charge is 0.294 e. The number of carbonyl (C=O) groups excluding carboxylic acids is 1. The van der Waals surface area contributed by atoms with Gasteiger partial charge in [-0.2, -0.15) is 0 Å². The zero-order chi connectivity index (χ0) is 11.6. The fourth-order valence-electron chi connectivity index (χ4n) is 1.59.